The van der Waals surface area contributed by atoms with Crippen LogP contribution < -0.4 is 5.32 Å². The molecule has 0 saturated heterocycles. The summed E-state index contributed by atoms with van der Waals surface area (Å²) in [5.41, 5.74) is 2.66. The first kappa shape index (κ1) is 13.8. The van der Waals surface area contributed by atoms with Crippen LogP contribution in [0.5, 0.6) is 0 Å². The summed E-state index contributed by atoms with van der Waals surface area (Å²) in [4.78, 5) is 4.25. The van der Waals surface area contributed by atoms with Crippen molar-refractivity contribution in [3.8, 4) is 0 Å². The molecule has 0 bridgehead atoms. The average Bonchev–Trinajstić information content (AvgIpc) is 2.93. The maximum atomic E-state index is 5.58. The monoisotopic (exact) mass is 258 g/mol. The van der Waals surface area contributed by atoms with Crippen LogP contribution in [0.25, 0.3) is 0 Å². The smallest absolute Gasteiger partial charge is 0.208 e. The van der Waals surface area contributed by atoms with E-state index in [1.807, 2.05) is 0 Å². The molecule has 0 aliphatic rings. The van der Waals surface area contributed by atoms with Gasteiger partial charge in [0.25, 0.3) is 0 Å². The first-order chi connectivity index (χ1) is 9.22. The van der Waals surface area contributed by atoms with Gasteiger partial charge in [-0.1, -0.05) is 38.1 Å². The zero-order valence-electron chi connectivity index (χ0n) is 11.9. The zero-order valence-corrected chi connectivity index (χ0v) is 11.9. The first-order valence-electron chi connectivity index (χ1n) is 6.98. The number of hydrogen-bond acceptors (Lipinski definition) is 3. The van der Waals surface area contributed by atoms with E-state index in [4.69, 9.17) is 4.42 Å². The van der Waals surface area contributed by atoms with Crippen molar-refractivity contribution in [1.82, 2.24) is 10.3 Å². The minimum atomic E-state index is 0.294. The lowest BCUT2D eigenvalue weighted by molar-refractivity contribution is 0.424. The highest BCUT2D eigenvalue weighted by molar-refractivity contribution is 5.24. The number of rotatable bonds is 6. The van der Waals surface area contributed by atoms with Crippen LogP contribution in [0.4, 0.5) is 0 Å². The Morgan fingerprint density at radius 1 is 1.16 bits per heavy atom. The van der Waals surface area contributed by atoms with Gasteiger partial charge in [0.2, 0.25) is 5.89 Å². The average molecular weight is 258 g/mol. The van der Waals surface area contributed by atoms with E-state index < -0.39 is 0 Å². The molecule has 0 aliphatic heterocycles. The molecule has 19 heavy (non-hydrogen) atoms. The van der Waals surface area contributed by atoms with Gasteiger partial charge in [0, 0.05) is 12.5 Å². The Morgan fingerprint density at radius 3 is 2.47 bits per heavy atom. The van der Waals surface area contributed by atoms with Crippen molar-refractivity contribution in [2.75, 3.05) is 0 Å². The van der Waals surface area contributed by atoms with Gasteiger partial charge >= 0.3 is 0 Å². The molecular weight excluding hydrogens is 236 g/mol. The van der Waals surface area contributed by atoms with E-state index in [0.29, 0.717) is 12.6 Å². The minimum absolute atomic E-state index is 0.294. The number of nitrogens with zero attached hydrogens (tertiary/aromatic N) is 1. The third kappa shape index (κ3) is 3.67. The predicted octanol–water partition coefficient (Wildman–Crippen LogP) is 3.65. The second-order valence-electron chi connectivity index (χ2n) is 4.77. The fraction of sp³-hybridized carbons (Fsp3) is 0.438. The van der Waals surface area contributed by atoms with E-state index in [2.05, 4.69) is 55.3 Å². The molecule has 0 radical (unpaired) electrons. The minimum Gasteiger partial charge on any atom is -0.444 e. The Hall–Kier alpha value is -1.61. The van der Waals surface area contributed by atoms with Gasteiger partial charge in [-0.25, -0.2) is 4.98 Å². The molecule has 1 aromatic carbocycles. The third-order valence-electron chi connectivity index (χ3n) is 3.40. The van der Waals surface area contributed by atoms with Gasteiger partial charge in [0.05, 0.1) is 12.7 Å². The van der Waals surface area contributed by atoms with Crippen LogP contribution in [0, 0.1) is 0 Å². The largest absolute Gasteiger partial charge is 0.444 e. The van der Waals surface area contributed by atoms with Gasteiger partial charge in [-0.15, -0.1) is 0 Å². The quantitative estimate of drug-likeness (QED) is 0.859. The molecule has 3 heteroatoms. The molecule has 102 valence electrons. The Bertz CT molecular complexity index is 502. The zero-order chi connectivity index (χ0) is 13.7. The van der Waals surface area contributed by atoms with E-state index in [0.717, 1.165) is 24.5 Å². The second-order valence-corrected chi connectivity index (χ2v) is 4.77. The number of aryl methyl sites for hydroxylation is 2. The molecule has 0 aliphatic carbocycles. The summed E-state index contributed by atoms with van der Waals surface area (Å²) in [5, 5.41) is 3.43. The molecule has 0 fully saturated rings. The van der Waals surface area contributed by atoms with Crippen LogP contribution in [0.15, 0.2) is 34.9 Å². The number of benzene rings is 1. The second kappa shape index (κ2) is 6.53. The summed E-state index contributed by atoms with van der Waals surface area (Å²) < 4.78 is 5.58. The molecule has 0 saturated carbocycles. The summed E-state index contributed by atoms with van der Waals surface area (Å²) in [6.45, 7) is 7.06. The lowest BCUT2D eigenvalue weighted by Crippen LogP contribution is -2.18. The Morgan fingerprint density at radius 2 is 1.89 bits per heavy atom. The van der Waals surface area contributed by atoms with E-state index in [9.17, 15) is 0 Å². The summed E-state index contributed by atoms with van der Waals surface area (Å²) in [6, 6.07) is 9.04. The van der Waals surface area contributed by atoms with Crippen molar-refractivity contribution >= 4 is 0 Å². The Balaban J connectivity index is 1.90. The molecule has 0 spiro atoms. The molecular formula is C16H22N2O. The van der Waals surface area contributed by atoms with Crippen molar-refractivity contribution in [2.45, 2.75) is 46.2 Å². The maximum Gasteiger partial charge on any atom is 0.208 e. The summed E-state index contributed by atoms with van der Waals surface area (Å²) in [5.74, 6) is 1.70. The van der Waals surface area contributed by atoms with Crippen LogP contribution in [-0.2, 0) is 19.4 Å². The van der Waals surface area contributed by atoms with Gasteiger partial charge in [0.1, 0.15) is 5.76 Å². The predicted molar refractivity (Wildman–Crippen MR) is 77.0 cm³/mol. The molecule has 1 atom stereocenters. The van der Waals surface area contributed by atoms with Gasteiger partial charge in [-0.05, 0) is 24.5 Å². The highest BCUT2D eigenvalue weighted by Crippen LogP contribution is 2.14. The number of oxazole rings is 1. The third-order valence-corrected chi connectivity index (χ3v) is 3.40. The maximum absolute atomic E-state index is 5.58. The summed E-state index contributed by atoms with van der Waals surface area (Å²) in [7, 11) is 0. The van der Waals surface area contributed by atoms with Gasteiger partial charge in [-0.2, -0.15) is 0 Å². The van der Waals surface area contributed by atoms with Crippen molar-refractivity contribution in [2.24, 2.45) is 0 Å². The normalized spacial score (nSPS) is 12.6. The van der Waals surface area contributed by atoms with Crippen LogP contribution in [-0.4, -0.2) is 4.98 Å². The van der Waals surface area contributed by atoms with Gasteiger partial charge < -0.3 is 9.73 Å². The lowest BCUT2D eigenvalue weighted by atomic mass is 10.1. The Kier molecular flexibility index (Phi) is 4.74. The molecule has 0 amide bonds. The topological polar surface area (TPSA) is 38.1 Å². The van der Waals surface area contributed by atoms with Gasteiger partial charge in [0.15, 0.2) is 0 Å². The fourth-order valence-corrected chi connectivity index (χ4v) is 1.99. The van der Waals surface area contributed by atoms with E-state index in [-0.39, 0.29) is 0 Å². The van der Waals surface area contributed by atoms with Crippen molar-refractivity contribution in [1.29, 1.82) is 0 Å². The van der Waals surface area contributed by atoms with E-state index in [1.54, 1.807) is 6.20 Å². The number of nitrogens with one attached hydrogen (secondary N) is 1. The standard InChI is InChI=1S/C16H22N2O/c1-4-13-6-8-14(9-7-13)12(3)17-11-16-18-10-15(5-2)19-16/h6-10,12,17H,4-5,11H2,1-3H3. The SMILES string of the molecule is CCc1ccc(C(C)NCc2ncc(CC)o2)cc1. The molecule has 2 rings (SSSR count). The van der Waals surface area contributed by atoms with Crippen molar-refractivity contribution in [3.63, 3.8) is 0 Å². The molecule has 3 nitrogen and oxygen atoms in total. The molecule has 2 aromatic rings. The molecule has 1 aromatic heterocycles. The van der Waals surface area contributed by atoms with Gasteiger partial charge in [-0.3, -0.25) is 0 Å². The fourth-order valence-electron chi connectivity index (χ4n) is 1.99. The van der Waals surface area contributed by atoms with Crippen LogP contribution >= 0.6 is 0 Å². The van der Waals surface area contributed by atoms with Crippen molar-refractivity contribution < 1.29 is 4.42 Å². The number of hydrogen-bond donors (Lipinski definition) is 1. The van der Waals surface area contributed by atoms with Crippen LogP contribution in [0.2, 0.25) is 0 Å². The first-order valence-corrected chi connectivity index (χ1v) is 6.98. The van der Waals surface area contributed by atoms with Crippen LogP contribution in [0.3, 0.4) is 0 Å². The summed E-state index contributed by atoms with van der Waals surface area (Å²) in [6.07, 6.45) is 3.77. The summed E-state index contributed by atoms with van der Waals surface area (Å²) >= 11 is 0. The Labute approximate surface area is 115 Å². The molecule has 1 heterocycles. The van der Waals surface area contributed by atoms with E-state index >= 15 is 0 Å². The number of aromatic nitrogens is 1. The van der Waals surface area contributed by atoms with Crippen molar-refractivity contribution in [3.05, 3.63) is 53.2 Å². The van der Waals surface area contributed by atoms with E-state index in [1.165, 1.54) is 11.1 Å². The highest BCUT2D eigenvalue weighted by Gasteiger charge is 2.07. The van der Waals surface area contributed by atoms with Crippen LogP contribution in [0.1, 0.15) is 49.6 Å². The highest BCUT2D eigenvalue weighted by atomic mass is 16.4. The molecule has 1 N–H and O–H groups in total. The lowest BCUT2D eigenvalue weighted by Gasteiger charge is -2.13. The molecule has 1 unspecified atom stereocenters.